The summed E-state index contributed by atoms with van der Waals surface area (Å²) in [6.45, 7) is 5.36. The average Bonchev–Trinajstić information content (AvgIpc) is 2.51. The van der Waals surface area contributed by atoms with Crippen LogP contribution in [-0.4, -0.2) is 31.1 Å². The highest BCUT2D eigenvalue weighted by molar-refractivity contribution is 9.10. The first-order valence-corrected chi connectivity index (χ1v) is 8.35. The number of rotatable bonds is 3. The molecule has 0 amide bonds. The Morgan fingerprint density at radius 2 is 1.48 bits per heavy atom. The largest absolute Gasteiger partial charge is 0.369 e. The van der Waals surface area contributed by atoms with Crippen molar-refractivity contribution in [2.75, 3.05) is 31.1 Å². The fraction of sp³-hybridized carbons (Fsp3) is 0.294. The van der Waals surface area contributed by atoms with Crippen molar-refractivity contribution in [3.8, 4) is 0 Å². The van der Waals surface area contributed by atoms with Crippen molar-refractivity contribution in [1.82, 2.24) is 4.90 Å². The molecule has 2 nitrogen and oxygen atoms in total. The monoisotopic (exact) mass is 364 g/mol. The Balaban J connectivity index is 1.55. The Bertz CT molecular complexity index is 575. The molecule has 2 aromatic carbocycles. The van der Waals surface area contributed by atoms with Crippen LogP contribution in [0.25, 0.3) is 0 Å². The van der Waals surface area contributed by atoms with E-state index in [0.717, 1.165) is 42.2 Å². The van der Waals surface area contributed by atoms with E-state index in [0.29, 0.717) is 0 Å². The molecular weight excluding hydrogens is 348 g/mol. The predicted octanol–water partition coefficient (Wildman–Crippen LogP) is 4.42. The van der Waals surface area contributed by atoms with Crippen LogP contribution in [-0.2, 0) is 6.54 Å². The van der Waals surface area contributed by atoms with Crippen molar-refractivity contribution in [3.05, 3.63) is 63.6 Å². The predicted molar refractivity (Wildman–Crippen MR) is 93.1 cm³/mol. The summed E-state index contributed by atoms with van der Waals surface area (Å²) >= 11 is 9.42. The van der Waals surface area contributed by atoms with E-state index in [1.54, 1.807) is 0 Å². The van der Waals surface area contributed by atoms with Gasteiger partial charge in [0, 0.05) is 47.9 Å². The maximum Gasteiger partial charge on any atom is 0.0407 e. The lowest BCUT2D eigenvalue weighted by atomic mass is 10.2. The van der Waals surface area contributed by atoms with Crippen molar-refractivity contribution in [2.24, 2.45) is 0 Å². The van der Waals surface area contributed by atoms with Gasteiger partial charge in [0.1, 0.15) is 0 Å². The van der Waals surface area contributed by atoms with Gasteiger partial charge in [-0.15, -0.1) is 0 Å². The normalized spacial score (nSPS) is 16.2. The van der Waals surface area contributed by atoms with Crippen LogP contribution in [0.1, 0.15) is 5.56 Å². The highest BCUT2D eigenvalue weighted by Crippen LogP contribution is 2.20. The van der Waals surface area contributed by atoms with Gasteiger partial charge in [0.15, 0.2) is 0 Å². The lowest BCUT2D eigenvalue weighted by Crippen LogP contribution is -2.45. The fourth-order valence-corrected chi connectivity index (χ4v) is 3.05. The number of anilines is 1. The summed E-state index contributed by atoms with van der Waals surface area (Å²) < 4.78 is 1.14. The fourth-order valence-electron chi connectivity index (χ4n) is 2.66. The second kappa shape index (κ2) is 6.82. The van der Waals surface area contributed by atoms with E-state index < -0.39 is 0 Å². The van der Waals surface area contributed by atoms with Crippen LogP contribution < -0.4 is 4.90 Å². The molecule has 1 fully saturated rings. The summed E-state index contributed by atoms with van der Waals surface area (Å²) in [5, 5.41) is 0.799. The molecule has 0 bridgehead atoms. The zero-order valence-electron chi connectivity index (χ0n) is 11.8. The van der Waals surface area contributed by atoms with Crippen LogP contribution in [0.2, 0.25) is 5.02 Å². The molecule has 0 spiro atoms. The standard InChI is InChI=1S/C17H18BrClN2/c18-15-3-1-14(2-4-15)13-20-9-11-21(12-10-20)17-7-5-16(19)6-8-17/h1-8H,9-13H2. The average molecular weight is 366 g/mol. The Labute approximate surface area is 139 Å². The van der Waals surface area contributed by atoms with Crippen molar-refractivity contribution < 1.29 is 0 Å². The van der Waals surface area contributed by atoms with Gasteiger partial charge in [-0.1, -0.05) is 39.7 Å². The number of hydrogen-bond acceptors (Lipinski definition) is 2. The van der Waals surface area contributed by atoms with Crippen LogP contribution in [0, 0.1) is 0 Å². The number of halogens is 2. The molecule has 1 saturated heterocycles. The number of nitrogens with zero attached hydrogens (tertiary/aromatic N) is 2. The highest BCUT2D eigenvalue weighted by atomic mass is 79.9. The third-order valence-electron chi connectivity index (χ3n) is 3.88. The molecule has 110 valence electrons. The summed E-state index contributed by atoms with van der Waals surface area (Å²) in [5.41, 5.74) is 2.64. The van der Waals surface area contributed by atoms with E-state index in [9.17, 15) is 0 Å². The summed E-state index contributed by atoms with van der Waals surface area (Å²) in [6, 6.07) is 16.7. The van der Waals surface area contributed by atoms with E-state index >= 15 is 0 Å². The molecule has 0 saturated carbocycles. The van der Waals surface area contributed by atoms with Crippen LogP contribution in [0.4, 0.5) is 5.69 Å². The first-order valence-electron chi connectivity index (χ1n) is 7.18. The minimum absolute atomic E-state index is 0.799. The van der Waals surface area contributed by atoms with Crippen molar-refractivity contribution in [3.63, 3.8) is 0 Å². The smallest absolute Gasteiger partial charge is 0.0407 e. The molecule has 0 atom stereocenters. The van der Waals surface area contributed by atoms with E-state index in [2.05, 4.69) is 62.1 Å². The second-order valence-electron chi connectivity index (χ2n) is 5.37. The highest BCUT2D eigenvalue weighted by Gasteiger charge is 2.17. The maximum absolute atomic E-state index is 5.95. The van der Waals surface area contributed by atoms with Gasteiger partial charge in [-0.3, -0.25) is 4.90 Å². The Morgan fingerprint density at radius 1 is 0.857 bits per heavy atom. The SMILES string of the molecule is Clc1ccc(N2CCN(Cc3ccc(Br)cc3)CC2)cc1. The molecule has 0 unspecified atom stereocenters. The first kappa shape index (κ1) is 14.9. The third-order valence-corrected chi connectivity index (χ3v) is 4.66. The van der Waals surface area contributed by atoms with Gasteiger partial charge in [-0.2, -0.15) is 0 Å². The molecule has 0 N–H and O–H groups in total. The molecule has 0 radical (unpaired) electrons. The molecule has 3 rings (SSSR count). The molecule has 1 aliphatic heterocycles. The Morgan fingerprint density at radius 3 is 2.10 bits per heavy atom. The van der Waals surface area contributed by atoms with Gasteiger partial charge < -0.3 is 4.90 Å². The second-order valence-corrected chi connectivity index (χ2v) is 6.72. The van der Waals surface area contributed by atoms with Crippen molar-refractivity contribution in [1.29, 1.82) is 0 Å². The molecule has 0 aliphatic carbocycles. The summed E-state index contributed by atoms with van der Waals surface area (Å²) in [5.74, 6) is 0. The Hall–Kier alpha value is -1.03. The van der Waals surface area contributed by atoms with Crippen molar-refractivity contribution in [2.45, 2.75) is 6.54 Å². The summed E-state index contributed by atoms with van der Waals surface area (Å²) in [4.78, 5) is 4.93. The molecule has 0 aromatic heterocycles. The topological polar surface area (TPSA) is 6.48 Å². The van der Waals surface area contributed by atoms with E-state index in [-0.39, 0.29) is 0 Å². The third kappa shape index (κ3) is 4.00. The molecule has 21 heavy (non-hydrogen) atoms. The van der Waals surface area contributed by atoms with Gasteiger partial charge >= 0.3 is 0 Å². The summed E-state index contributed by atoms with van der Waals surface area (Å²) in [7, 11) is 0. The van der Waals surface area contributed by atoms with Gasteiger partial charge in [-0.05, 0) is 42.0 Å². The molecule has 2 aromatic rings. The molecule has 1 aliphatic rings. The first-order chi connectivity index (χ1) is 10.2. The van der Waals surface area contributed by atoms with Gasteiger partial charge in [0.05, 0.1) is 0 Å². The number of benzene rings is 2. The molecule has 4 heteroatoms. The van der Waals surface area contributed by atoms with E-state index in [1.165, 1.54) is 11.3 Å². The molecule has 1 heterocycles. The molecular formula is C17H18BrClN2. The van der Waals surface area contributed by atoms with Crippen LogP contribution >= 0.6 is 27.5 Å². The van der Waals surface area contributed by atoms with Crippen LogP contribution in [0.15, 0.2) is 53.0 Å². The summed E-state index contributed by atoms with van der Waals surface area (Å²) in [6.07, 6.45) is 0. The van der Waals surface area contributed by atoms with Crippen LogP contribution in [0.3, 0.4) is 0 Å². The Kier molecular flexibility index (Phi) is 4.84. The zero-order valence-corrected chi connectivity index (χ0v) is 14.1. The lowest BCUT2D eigenvalue weighted by molar-refractivity contribution is 0.250. The quantitative estimate of drug-likeness (QED) is 0.794. The van der Waals surface area contributed by atoms with Gasteiger partial charge in [0.2, 0.25) is 0 Å². The lowest BCUT2D eigenvalue weighted by Gasteiger charge is -2.36. The zero-order chi connectivity index (χ0) is 14.7. The minimum atomic E-state index is 0.799. The van der Waals surface area contributed by atoms with Gasteiger partial charge in [-0.25, -0.2) is 0 Å². The van der Waals surface area contributed by atoms with E-state index in [4.69, 9.17) is 11.6 Å². The van der Waals surface area contributed by atoms with Gasteiger partial charge in [0.25, 0.3) is 0 Å². The van der Waals surface area contributed by atoms with Crippen LogP contribution in [0.5, 0.6) is 0 Å². The van der Waals surface area contributed by atoms with Crippen molar-refractivity contribution >= 4 is 33.2 Å². The number of piperazine rings is 1. The van der Waals surface area contributed by atoms with E-state index in [1.807, 2.05) is 12.1 Å². The number of hydrogen-bond donors (Lipinski definition) is 0. The minimum Gasteiger partial charge on any atom is -0.369 e. The maximum atomic E-state index is 5.95.